The van der Waals surface area contributed by atoms with E-state index in [2.05, 4.69) is 227 Å². The molecule has 0 fully saturated rings. The Hall–Kier alpha value is -7.62. The van der Waals surface area contributed by atoms with Crippen molar-refractivity contribution in [3.8, 4) is 44.5 Å². The number of para-hydroxylation sites is 2. The van der Waals surface area contributed by atoms with E-state index in [1.165, 1.54) is 289 Å². The molecule has 2 aromatic heterocycles. The fraction of sp³-hybridized carbons (Fsp3) is 0.438. The normalized spacial score (nSPS) is 14.4. The Balaban J connectivity index is 0.983. The largest absolute Gasteiger partial charge is 0.456 e. The molecule has 0 spiro atoms. The zero-order valence-corrected chi connectivity index (χ0v) is 62.4. The lowest BCUT2D eigenvalue weighted by Crippen LogP contribution is -2.27. The number of aryl methyl sites for hydroxylation is 5. The van der Waals surface area contributed by atoms with Crippen LogP contribution in [0.5, 0.6) is 0 Å². The van der Waals surface area contributed by atoms with Crippen LogP contribution in [0.1, 0.15) is 283 Å². The summed E-state index contributed by atoms with van der Waals surface area (Å²) >= 11 is 0. The van der Waals surface area contributed by atoms with Crippen molar-refractivity contribution in [3.05, 3.63) is 207 Å². The summed E-state index contributed by atoms with van der Waals surface area (Å²) in [6.07, 6.45) is 35.7. The minimum atomic E-state index is -0.320. The molecule has 0 saturated heterocycles. The van der Waals surface area contributed by atoms with Crippen LogP contribution in [0.3, 0.4) is 0 Å². The number of unbranched alkanes of at least 4 members (excludes halogenated alkanes) is 20. The number of benzene rings is 9. The van der Waals surface area contributed by atoms with Gasteiger partial charge in [0.15, 0.2) is 0 Å². The minimum absolute atomic E-state index is 0.0956. The molecule has 514 valence electrons. The zero-order valence-electron chi connectivity index (χ0n) is 62.4. The van der Waals surface area contributed by atoms with Crippen LogP contribution < -0.4 is 4.90 Å². The highest BCUT2D eigenvalue weighted by Crippen LogP contribution is 2.64. The lowest BCUT2D eigenvalue weighted by molar-refractivity contribution is 0.394. The SMILES string of the molecule is CCCCCCCCC1(CCCCCCCC)c2cc(N(c3ccc4c(c3)C(C)(C)c3cc(-c5ccc(C)cc5C)c5oc6ccccc6c5c3-4)c3c(C)cc(C)cc3C)ccc2-c2cc3c(cc21)-c1c(ccc2oc4ccccc4c12)C3(CCCCCCCC)CCCCCCCC. The van der Waals surface area contributed by atoms with E-state index in [0.29, 0.717) is 0 Å². The third kappa shape index (κ3) is 12.4. The van der Waals surface area contributed by atoms with Crippen molar-refractivity contribution < 1.29 is 8.83 Å². The van der Waals surface area contributed by atoms with Gasteiger partial charge in [-0.15, -0.1) is 0 Å². The lowest BCUT2D eigenvalue weighted by Gasteiger charge is -2.35. The highest BCUT2D eigenvalue weighted by Gasteiger charge is 2.49. The van der Waals surface area contributed by atoms with Gasteiger partial charge in [0, 0.05) is 54.7 Å². The molecule has 0 radical (unpaired) electrons. The molecule has 3 aliphatic carbocycles. The van der Waals surface area contributed by atoms with E-state index in [4.69, 9.17) is 8.83 Å². The number of nitrogens with zero attached hydrogens (tertiary/aromatic N) is 1. The van der Waals surface area contributed by atoms with Gasteiger partial charge in [-0.05, 0) is 210 Å². The van der Waals surface area contributed by atoms with Crippen LogP contribution in [0.25, 0.3) is 88.4 Å². The third-order valence-corrected chi connectivity index (χ3v) is 24.5. The zero-order chi connectivity index (χ0) is 68.6. The van der Waals surface area contributed by atoms with E-state index in [0.717, 1.165) is 35.2 Å². The molecule has 0 unspecified atom stereocenters. The molecule has 3 nitrogen and oxygen atoms in total. The van der Waals surface area contributed by atoms with Gasteiger partial charge >= 0.3 is 0 Å². The maximum absolute atomic E-state index is 7.04. The van der Waals surface area contributed by atoms with Crippen molar-refractivity contribution in [2.45, 2.75) is 272 Å². The number of rotatable bonds is 32. The summed E-state index contributed by atoms with van der Waals surface area (Å²) in [7, 11) is 0. The average molecular weight is 1310 g/mol. The Labute approximate surface area is 594 Å². The van der Waals surface area contributed by atoms with Gasteiger partial charge in [0.25, 0.3) is 0 Å². The maximum atomic E-state index is 7.04. The molecule has 11 aromatic rings. The van der Waals surface area contributed by atoms with Gasteiger partial charge in [-0.2, -0.15) is 0 Å². The first-order valence-corrected chi connectivity index (χ1v) is 39.6. The fourth-order valence-electron chi connectivity index (χ4n) is 19.5. The van der Waals surface area contributed by atoms with Crippen molar-refractivity contribution in [3.63, 3.8) is 0 Å². The van der Waals surface area contributed by atoms with Gasteiger partial charge in [0.2, 0.25) is 0 Å². The van der Waals surface area contributed by atoms with Gasteiger partial charge in [-0.3, -0.25) is 0 Å². The Kier molecular flexibility index (Phi) is 20.2. The van der Waals surface area contributed by atoms with E-state index in [1.807, 2.05) is 0 Å². The molecule has 0 atom stereocenters. The maximum Gasteiger partial charge on any atom is 0.143 e. The van der Waals surface area contributed by atoms with Crippen LogP contribution in [-0.2, 0) is 16.2 Å². The van der Waals surface area contributed by atoms with Gasteiger partial charge in [-0.25, -0.2) is 0 Å². The third-order valence-electron chi connectivity index (χ3n) is 24.5. The molecule has 3 aliphatic rings. The molecule has 0 saturated carbocycles. The number of hydrogen-bond acceptors (Lipinski definition) is 3. The van der Waals surface area contributed by atoms with Crippen LogP contribution in [0.2, 0.25) is 0 Å². The van der Waals surface area contributed by atoms with Gasteiger partial charge in [0.1, 0.15) is 22.3 Å². The van der Waals surface area contributed by atoms with E-state index in [1.54, 1.807) is 22.3 Å². The summed E-state index contributed by atoms with van der Waals surface area (Å²) in [5.74, 6) is 0. The molecule has 0 aliphatic heterocycles. The molecule has 14 rings (SSSR count). The van der Waals surface area contributed by atoms with Crippen LogP contribution in [0.4, 0.5) is 17.1 Å². The summed E-state index contributed by atoms with van der Waals surface area (Å²) in [4.78, 5) is 2.69. The van der Waals surface area contributed by atoms with Gasteiger partial charge in [-0.1, -0.05) is 292 Å². The van der Waals surface area contributed by atoms with Crippen LogP contribution in [0.15, 0.2) is 154 Å². The first-order valence-electron chi connectivity index (χ1n) is 39.6. The Morgan fingerprint density at radius 1 is 0.313 bits per heavy atom. The molecular weight excluding hydrogens is 1200 g/mol. The first kappa shape index (κ1) is 68.5. The van der Waals surface area contributed by atoms with Crippen LogP contribution in [-0.4, -0.2) is 0 Å². The Morgan fingerprint density at radius 2 is 0.758 bits per heavy atom. The van der Waals surface area contributed by atoms with Crippen molar-refractivity contribution in [1.82, 2.24) is 0 Å². The second kappa shape index (κ2) is 29.2. The van der Waals surface area contributed by atoms with E-state index >= 15 is 0 Å². The van der Waals surface area contributed by atoms with E-state index in [9.17, 15) is 0 Å². The molecule has 0 N–H and O–H groups in total. The van der Waals surface area contributed by atoms with Gasteiger partial charge < -0.3 is 13.7 Å². The number of hydrogen-bond donors (Lipinski definition) is 0. The van der Waals surface area contributed by atoms with Crippen LogP contribution >= 0.6 is 0 Å². The predicted octanol–water partition coefficient (Wildman–Crippen LogP) is 30.0. The topological polar surface area (TPSA) is 29.5 Å². The van der Waals surface area contributed by atoms with Crippen molar-refractivity contribution in [1.29, 1.82) is 0 Å². The highest BCUT2D eigenvalue weighted by molar-refractivity contribution is 6.19. The van der Waals surface area contributed by atoms with E-state index < -0.39 is 0 Å². The highest BCUT2D eigenvalue weighted by atomic mass is 16.3. The van der Waals surface area contributed by atoms with Gasteiger partial charge in [0.05, 0.1) is 5.69 Å². The predicted molar refractivity (Wildman–Crippen MR) is 427 cm³/mol. The van der Waals surface area contributed by atoms with Crippen LogP contribution in [0, 0.1) is 34.6 Å². The monoisotopic (exact) mass is 1310 g/mol. The second-order valence-electron chi connectivity index (χ2n) is 31.8. The minimum Gasteiger partial charge on any atom is -0.456 e. The van der Waals surface area contributed by atoms with Crippen molar-refractivity contribution in [2.24, 2.45) is 0 Å². The quantitative estimate of drug-likeness (QED) is 0.0394. The number of furan rings is 2. The average Bonchev–Trinajstić information content (AvgIpc) is 1.53. The molecule has 0 amide bonds. The molecule has 99 heavy (non-hydrogen) atoms. The molecule has 0 bridgehead atoms. The fourth-order valence-corrected chi connectivity index (χ4v) is 19.5. The second-order valence-corrected chi connectivity index (χ2v) is 31.8. The number of fused-ring (bicyclic) bond motifs is 17. The summed E-state index contributed by atoms with van der Waals surface area (Å²) < 4.78 is 14.0. The molecular formula is C96H113NO2. The number of anilines is 3. The molecule has 9 aromatic carbocycles. The van der Waals surface area contributed by atoms with E-state index in [-0.39, 0.29) is 16.2 Å². The Morgan fingerprint density at radius 3 is 1.33 bits per heavy atom. The molecule has 2 heterocycles. The van der Waals surface area contributed by atoms with Crippen molar-refractivity contribution in [2.75, 3.05) is 4.90 Å². The lowest BCUT2D eigenvalue weighted by atomic mass is 9.68. The summed E-state index contributed by atoms with van der Waals surface area (Å²) in [6.45, 7) is 25.8. The first-order chi connectivity index (χ1) is 48.3. The smallest absolute Gasteiger partial charge is 0.143 e. The summed E-state index contributed by atoms with van der Waals surface area (Å²) in [6, 6.07) is 58.0. The standard InChI is InChI=1S/C96H113NO2/c1-12-16-20-24-28-36-52-95(53-37-29-25-21-17-13-2)79-50-51-87-90(74-40-32-34-42-85(74)98-87)89(79)78-63-82-76(61-83(78)95)72-48-45-70(60-81(72)96(82,54-38-30-26-22-18-14-3)55-39-31-27-23-19-15-4)97(92-67(8)57-65(6)58-68(92)9)69-46-49-73-80(59-69)94(10,11)84-62-77(71-47-44-64(5)56-66(71)7)93-91(88(73)84)75-41-33-35-43-86(75)99-93/h32-35,40-51,56-63H,12-31,36-39,52-55H2,1-11H3. The summed E-state index contributed by atoms with van der Waals surface area (Å²) in [5, 5.41) is 5.00. The Bertz CT molecular complexity index is 4690. The molecule has 3 heteroatoms. The van der Waals surface area contributed by atoms with Crippen molar-refractivity contribution >= 4 is 60.9 Å². The summed E-state index contributed by atoms with van der Waals surface area (Å²) in [5.41, 5.74) is 33.5.